The fraction of sp³-hybridized carbons (Fsp3) is 0.423. The topological polar surface area (TPSA) is 106 Å². The number of methoxy groups -OCH3 is 1. The molecule has 1 aromatic heterocycles. The molecule has 2 N–H and O–H groups in total. The van der Waals surface area contributed by atoms with Crippen LogP contribution in [0.15, 0.2) is 47.2 Å². The van der Waals surface area contributed by atoms with Crippen molar-refractivity contribution in [3.05, 3.63) is 47.2 Å². The molecule has 0 aliphatic heterocycles. The fourth-order valence-corrected chi connectivity index (χ4v) is 3.99. The van der Waals surface area contributed by atoms with Crippen LogP contribution in [-0.4, -0.2) is 71.0 Å². The molecule has 3 aromatic rings. The number of esters is 1. The van der Waals surface area contributed by atoms with E-state index in [1.54, 1.807) is 25.0 Å². The summed E-state index contributed by atoms with van der Waals surface area (Å²) >= 11 is 3.48. The van der Waals surface area contributed by atoms with Crippen molar-refractivity contribution in [2.24, 2.45) is 0 Å². The number of benzene rings is 2. The molecule has 0 bridgehead atoms. The van der Waals surface area contributed by atoms with E-state index in [1.165, 1.54) is 6.33 Å². The van der Waals surface area contributed by atoms with E-state index in [4.69, 9.17) is 14.2 Å². The van der Waals surface area contributed by atoms with Crippen LogP contribution in [-0.2, 0) is 9.53 Å². The summed E-state index contributed by atoms with van der Waals surface area (Å²) in [5.41, 5.74) is 0.998. The summed E-state index contributed by atoms with van der Waals surface area (Å²) in [7, 11) is 1.57. The molecule has 3 rings (SSSR count). The van der Waals surface area contributed by atoms with Gasteiger partial charge in [0.15, 0.2) is 11.5 Å². The van der Waals surface area contributed by atoms with Crippen molar-refractivity contribution in [1.29, 1.82) is 0 Å². The monoisotopic (exact) mass is 560 g/mol. The smallest absolute Gasteiger partial charge is 0.320 e. The first-order valence-electron chi connectivity index (χ1n) is 11.6. The van der Waals surface area contributed by atoms with Gasteiger partial charge in [0.25, 0.3) is 0 Å². The summed E-state index contributed by atoms with van der Waals surface area (Å²) in [5.74, 6) is 1.33. The lowest BCUT2D eigenvalue weighted by molar-refractivity contribution is -0.156. The summed E-state index contributed by atoms with van der Waals surface area (Å²) in [6, 6.07) is 11.4. The number of anilines is 2. The Bertz CT molecular complexity index is 1180. The molecule has 0 amide bonds. The van der Waals surface area contributed by atoms with Crippen LogP contribution in [0, 0.1) is 0 Å². The van der Waals surface area contributed by atoms with Crippen molar-refractivity contribution in [2.45, 2.75) is 39.4 Å². The number of aromatic nitrogens is 2. The number of nitrogens with zero attached hydrogens (tertiary/aromatic N) is 3. The van der Waals surface area contributed by atoms with E-state index in [-0.39, 0.29) is 19.1 Å². The molecule has 0 saturated carbocycles. The Morgan fingerprint density at radius 1 is 1.19 bits per heavy atom. The van der Waals surface area contributed by atoms with Gasteiger partial charge in [0.1, 0.15) is 24.4 Å². The molecular weight excluding hydrogens is 528 g/mol. The number of carbonyl (C=O) groups excluding carboxylic acids is 1. The molecule has 1 heterocycles. The molecule has 0 unspecified atom stereocenters. The molecule has 1 atom stereocenters. The first kappa shape index (κ1) is 27.6. The summed E-state index contributed by atoms with van der Waals surface area (Å²) in [6.45, 7) is 8.17. The lowest BCUT2D eigenvalue weighted by atomic mass is 10.2. The van der Waals surface area contributed by atoms with Crippen LogP contribution < -0.4 is 14.8 Å². The lowest BCUT2D eigenvalue weighted by Gasteiger charge is -2.26. The molecule has 0 aliphatic carbocycles. The number of nitrogens with one attached hydrogen (secondary N) is 1. The maximum atomic E-state index is 12.3. The van der Waals surface area contributed by atoms with Gasteiger partial charge in [-0.3, -0.25) is 9.69 Å². The highest BCUT2D eigenvalue weighted by atomic mass is 79.9. The van der Waals surface area contributed by atoms with Gasteiger partial charge in [-0.05, 0) is 52.0 Å². The van der Waals surface area contributed by atoms with Crippen molar-refractivity contribution in [3.8, 4) is 11.5 Å². The van der Waals surface area contributed by atoms with Crippen molar-refractivity contribution >= 4 is 44.3 Å². The maximum absolute atomic E-state index is 12.3. The van der Waals surface area contributed by atoms with E-state index in [1.807, 2.05) is 51.1 Å². The molecule has 0 fully saturated rings. The highest BCUT2D eigenvalue weighted by Gasteiger charge is 2.20. The SMILES string of the molecule is COc1cc2ncnc(Nc3cccc(Br)c3)c2cc1OCCN(CC(=O)OC(C)(C)C)C[C@@H](C)O. The second-order valence-electron chi connectivity index (χ2n) is 9.40. The van der Waals surface area contributed by atoms with Gasteiger partial charge in [-0.1, -0.05) is 22.0 Å². The van der Waals surface area contributed by atoms with Crippen LogP contribution in [0.25, 0.3) is 10.9 Å². The van der Waals surface area contributed by atoms with Crippen LogP contribution in [0.2, 0.25) is 0 Å². The summed E-state index contributed by atoms with van der Waals surface area (Å²) in [6.07, 6.45) is 0.888. The number of hydrogen-bond donors (Lipinski definition) is 2. The summed E-state index contributed by atoms with van der Waals surface area (Å²) < 4.78 is 18.0. The first-order valence-corrected chi connectivity index (χ1v) is 12.4. The molecule has 194 valence electrons. The Balaban J connectivity index is 1.76. The van der Waals surface area contributed by atoms with Crippen molar-refractivity contribution < 1.29 is 24.1 Å². The van der Waals surface area contributed by atoms with Gasteiger partial charge in [-0.15, -0.1) is 0 Å². The van der Waals surface area contributed by atoms with Crippen LogP contribution >= 0.6 is 15.9 Å². The second kappa shape index (κ2) is 12.3. The zero-order valence-corrected chi connectivity index (χ0v) is 22.8. The Morgan fingerprint density at radius 2 is 1.97 bits per heavy atom. The van der Waals surface area contributed by atoms with E-state index < -0.39 is 11.7 Å². The number of hydrogen-bond acceptors (Lipinski definition) is 9. The molecule has 0 aliphatic rings. The molecule has 10 heteroatoms. The molecule has 36 heavy (non-hydrogen) atoms. The maximum Gasteiger partial charge on any atom is 0.320 e. The highest BCUT2D eigenvalue weighted by molar-refractivity contribution is 9.10. The van der Waals surface area contributed by atoms with E-state index in [0.717, 1.165) is 15.5 Å². The van der Waals surface area contributed by atoms with E-state index in [2.05, 4.69) is 31.2 Å². The molecule has 2 aromatic carbocycles. The third-order valence-electron chi connectivity index (χ3n) is 4.97. The number of carbonyl (C=O) groups is 1. The number of halogens is 1. The summed E-state index contributed by atoms with van der Waals surface area (Å²) in [4.78, 5) is 22.9. The van der Waals surface area contributed by atoms with Gasteiger partial charge in [0.2, 0.25) is 0 Å². The average molecular weight is 561 g/mol. The Labute approximate surface area is 219 Å². The number of rotatable bonds is 11. The predicted molar refractivity (Wildman–Crippen MR) is 143 cm³/mol. The minimum absolute atomic E-state index is 0.0505. The molecular formula is C26H33BrN4O5. The van der Waals surface area contributed by atoms with Crippen molar-refractivity contribution in [1.82, 2.24) is 14.9 Å². The molecule has 9 nitrogen and oxygen atoms in total. The van der Waals surface area contributed by atoms with E-state index in [9.17, 15) is 9.90 Å². The zero-order chi connectivity index (χ0) is 26.3. The second-order valence-corrected chi connectivity index (χ2v) is 10.3. The van der Waals surface area contributed by atoms with Gasteiger partial charge in [0, 0.05) is 34.7 Å². The van der Waals surface area contributed by atoms with Crippen LogP contribution in [0.3, 0.4) is 0 Å². The van der Waals surface area contributed by atoms with Gasteiger partial charge in [-0.25, -0.2) is 9.97 Å². The fourth-order valence-electron chi connectivity index (χ4n) is 3.59. The van der Waals surface area contributed by atoms with E-state index >= 15 is 0 Å². The molecule has 0 radical (unpaired) electrons. The van der Waals surface area contributed by atoms with E-state index in [0.29, 0.717) is 35.9 Å². The Morgan fingerprint density at radius 3 is 2.64 bits per heavy atom. The minimum atomic E-state index is -0.605. The Hall–Kier alpha value is -2.95. The third kappa shape index (κ3) is 8.32. The van der Waals surface area contributed by atoms with Gasteiger partial charge < -0.3 is 24.6 Å². The largest absolute Gasteiger partial charge is 0.493 e. The number of aliphatic hydroxyl groups excluding tert-OH is 1. The number of aliphatic hydroxyl groups is 1. The first-order chi connectivity index (χ1) is 17.0. The zero-order valence-electron chi connectivity index (χ0n) is 21.2. The van der Waals surface area contributed by atoms with Crippen molar-refractivity contribution in [2.75, 3.05) is 38.7 Å². The Kier molecular flexibility index (Phi) is 9.47. The van der Waals surface area contributed by atoms with Crippen LogP contribution in [0.1, 0.15) is 27.7 Å². The summed E-state index contributed by atoms with van der Waals surface area (Å²) in [5, 5.41) is 14.0. The number of fused-ring (bicyclic) bond motifs is 1. The quantitative estimate of drug-likeness (QED) is 0.326. The van der Waals surface area contributed by atoms with Crippen LogP contribution in [0.4, 0.5) is 11.5 Å². The van der Waals surface area contributed by atoms with Crippen molar-refractivity contribution in [3.63, 3.8) is 0 Å². The van der Waals surface area contributed by atoms with Gasteiger partial charge >= 0.3 is 5.97 Å². The average Bonchev–Trinajstić information content (AvgIpc) is 2.77. The van der Waals surface area contributed by atoms with Crippen LogP contribution in [0.5, 0.6) is 11.5 Å². The van der Waals surface area contributed by atoms with Gasteiger partial charge in [0.05, 0.1) is 25.3 Å². The standard InChI is InChI=1S/C26H33BrN4O5/c1-17(32)14-31(15-24(33)36-26(2,3)4)9-10-35-23-12-20-21(13-22(23)34-5)28-16-29-25(20)30-19-8-6-7-18(27)11-19/h6-8,11-13,16-17,32H,9-10,14-15H2,1-5H3,(H,28,29,30)/t17-/m1/s1. The third-order valence-corrected chi connectivity index (χ3v) is 5.46. The normalized spacial score (nSPS) is 12.4. The van der Waals surface area contributed by atoms with Gasteiger partial charge in [-0.2, -0.15) is 0 Å². The minimum Gasteiger partial charge on any atom is -0.493 e. The lowest BCUT2D eigenvalue weighted by Crippen LogP contribution is -2.40. The predicted octanol–water partition coefficient (Wildman–Crippen LogP) is 4.55. The highest BCUT2D eigenvalue weighted by Crippen LogP contribution is 2.35. The number of ether oxygens (including phenoxy) is 3. The molecule has 0 spiro atoms. The molecule has 0 saturated heterocycles.